The number of aliphatic carboxylic acids is 2. The third kappa shape index (κ3) is 5.86. The SMILES string of the molecule is C/C(N)=C(\C(=O)O)C(C)COCC(C)/C(C(=O)O)=C(/C)N. The summed E-state index contributed by atoms with van der Waals surface area (Å²) in [4.78, 5) is 22.1. The van der Waals surface area contributed by atoms with Crippen molar-refractivity contribution >= 4 is 11.9 Å². The number of carboxylic acid groups (broad SMARTS) is 2. The van der Waals surface area contributed by atoms with Crippen LogP contribution < -0.4 is 11.5 Å². The fourth-order valence-corrected chi connectivity index (χ4v) is 2.12. The first-order chi connectivity index (χ1) is 9.59. The van der Waals surface area contributed by atoms with Gasteiger partial charge in [0.1, 0.15) is 0 Å². The van der Waals surface area contributed by atoms with E-state index in [0.29, 0.717) is 0 Å². The molecule has 0 aliphatic rings. The molecule has 0 spiro atoms. The lowest BCUT2D eigenvalue weighted by Crippen LogP contribution is -2.23. The highest BCUT2D eigenvalue weighted by Crippen LogP contribution is 2.17. The molecule has 0 radical (unpaired) electrons. The van der Waals surface area contributed by atoms with Crippen molar-refractivity contribution in [1.29, 1.82) is 0 Å². The molecule has 0 heterocycles. The summed E-state index contributed by atoms with van der Waals surface area (Å²) in [5.41, 5.74) is 11.7. The zero-order valence-corrected chi connectivity index (χ0v) is 12.8. The molecule has 6 N–H and O–H groups in total. The van der Waals surface area contributed by atoms with Crippen molar-refractivity contribution in [3.63, 3.8) is 0 Å². The number of rotatable bonds is 8. The maximum atomic E-state index is 11.1. The first-order valence-electron chi connectivity index (χ1n) is 6.56. The van der Waals surface area contributed by atoms with Gasteiger partial charge in [0.2, 0.25) is 0 Å². The molecule has 0 aliphatic heterocycles. The van der Waals surface area contributed by atoms with Crippen LogP contribution in [-0.4, -0.2) is 35.4 Å². The zero-order chi connectivity index (χ0) is 16.7. The standard InChI is InChI=1S/C14H24N2O5/c1-7(11(9(3)15)13(17)18)5-21-6-8(2)12(10(4)16)14(19)20/h7-8H,5-6,15-16H2,1-4H3,(H,17,18)(H,19,20)/b11-9+,12-10+. The van der Waals surface area contributed by atoms with Crippen molar-refractivity contribution in [2.45, 2.75) is 27.7 Å². The van der Waals surface area contributed by atoms with E-state index < -0.39 is 23.8 Å². The summed E-state index contributed by atoms with van der Waals surface area (Å²) in [7, 11) is 0. The molecule has 0 saturated carbocycles. The molecule has 0 bridgehead atoms. The second-order valence-electron chi connectivity index (χ2n) is 5.14. The van der Waals surface area contributed by atoms with Crippen LogP contribution in [0.2, 0.25) is 0 Å². The molecule has 0 fully saturated rings. The molecule has 0 aliphatic carbocycles. The molecule has 0 amide bonds. The molecule has 2 atom stereocenters. The van der Waals surface area contributed by atoms with Gasteiger partial charge in [0.05, 0.1) is 24.4 Å². The maximum Gasteiger partial charge on any atom is 0.333 e. The van der Waals surface area contributed by atoms with Gasteiger partial charge in [-0.25, -0.2) is 9.59 Å². The minimum absolute atomic E-state index is 0.103. The van der Waals surface area contributed by atoms with Crippen LogP contribution in [0, 0.1) is 11.8 Å². The number of allylic oxidation sites excluding steroid dienone is 2. The monoisotopic (exact) mass is 300 g/mol. The van der Waals surface area contributed by atoms with E-state index in [1.165, 1.54) is 13.8 Å². The van der Waals surface area contributed by atoms with E-state index in [0.717, 1.165) is 0 Å². The quantitative estimate of drug-likeness (QED) is 0.489. The second kappa shape index (κ2) is 8.31. The molecule has 120 valence electrons. The van der Waals surface area contributed by atoms with Crippen LogP contribution in [0.25, 0.3) is 0 Å². The minimum atomic E-state index is -1.08. The van der Waals surface area contributed by atoms with Crippen LogP contribution in [0.3, 0.4) is 0 Å². The molecule has 0 aromatic carbocycles. The van der Waals surface area contributed by atoms with Crippen LogP contribution in [0.4, 0.5) is 0 Å². The molecule has 21 heavy (non-hydrogen) atoms. The summed E-state index contributed by atoms with van der Waals surface area (Å²) in [5.74, 6) is -2.95. The summed E-state index contributed by atoms with van der Waals surface area (Å²) in [5, 5.41) is 18.1. The molecule has 0 aromatic heterocycles. The third-order valence-corrected chi connectivity index (χ3v) is 3.03. The largest absolute Gasteiger partial charge is 0.478 e. The Hall–Kier alpha value is -2.02. The van der Waals surface area contributed by atoms with Crippen molar-refractivity contribution in [2.24, 2.45) is 23.3 Å². The highest BCUT2D eigenvalue weighted by atomic mass is 16.5. The van der Waals surface area contributed by atoms with E-state index in [1.807, 2.05) is 0 Å². The molecule has 0 saturated heterocycles. The van der Waals surface area contributed by atoms with E-state index in [1.54, 1.807) is 13.8 Å². The van der Waals surface area contributed by atoms with Crippen LogP contribution in [0.1, 0.15) is 27.7 Å². The molecule has 7 nitrogen and oxygen atoms in total. The Labute approximate surface area is 124 Å². The molecule has 7 heteroatoms. The average molecular weight is 300 g/mol. The Bertz CT molecular complexity index is 418. The number of hydrogen-bond acceptors (Lipinski definition) is 5. The summed E-state index contributed by atoms with van der Waals surface area (Å²) >= 11 is 0. The number of nitrogens with two attached hydrogens (primary N) is 2. The van der Waals surface area contributed by atoms with E-state index in [9.17, 15) is 9.59 Å². The molecular weight excluding hydrogens is 276 g/mol. The van der Waals surface area contributed by atoms with Crippen molar-refractivity contribution in [3.8, 4) is 0 Å². The Morgan fingerprint density at radius 2 is 1.19 bits per heavy atom. The van der Waals surface area contributed by atoms with Crippen molar-refractivity contribution in [1.82, 2.24) is 0 Å². The van der Waals surface area contributed by atoms with E-state index in [2.05, 4.69) is 0 Å². The molecule has 2 unspecified atom stereocenters. The van der Waals surface area contributed by atoms with Gasteiger partial charge in [0.25, 0.3) is 0 Å². The van der Waals surface area contributed by atoms with Gasteiger partial charge in [-0.3, -0.25) is 0 Å². The smallest absolute Gasteiger partial charge is 0.333 e. The lowest BCUT2D eigenvalue weighted by Gasteiger charge is -2.18. The van der Waals surface area contributed by atoms with Crippen molar-refractivity contribution < 1.29 is 24.5 Å². The van der Waals surface area contributed by atoms with E-state index >= 15 is 0 Å². The first-order valence-corrected chi connectivity index (χ1v) is 6.56. The van der Waals surface area contributed by atoms with Gasteiger partial charge in [-0.05, 0) is 13.8 Å². The van der Waals surface area contributed by atoms with Crippen LogP contribution in [0.15, 0.2) is 22.5 Å². The Morgan fingerprint density at radius 3 is 1.38 bits per heavy atom. The van der Waals surface area contributed by atoms with Gasteiger partial charge in [-0.1, -0.05) is 13.8 Å². The Balaban J connectivity index is 4.64. The maximum absolute atomic E-state index is 11.1. The van der Waals surface area contributed by atoms with Crippen LogP contribution in [-0.2, 0) is 14.3 Å². The number of carbonyl (C=O) groups is 2. The number of hydrogen-bond donors (Lipinski definition) is 4. The number of ether oxygens (including phenoxy) is 1. The molecule has 0 aromatic rings. The van der Waals surface area contributed by atoms with Crippen molar-refractivity contribution in [2.75, 3.05) is 13.2 Å². The average Bonchev–Trinajstić information content (AvgIpc) is 2.26. The lowest BCUT2D eigenvalue weighted by molar-refractivity contribution is -0.134. The normalized spacial score (nSPS) is 16.6. The number of carboxylic acids is 2. The fraction of sp³-hybridized carbons (Fsp3) is 0.571. The topological polar surface area (TPSA) is 136 Å². The van der Waals surface area contributed by atoms with Gasteiger partial charge in [0.15, 0.2) is 0 Å². The predicted octanol–water partition coefficient (Wildman–Crippen LogP) is 0.910. The summed E-state index contributed by atoms with van der Waals surface area (Å²) < 4.78 is 5.41. The van der Waals surface area contributed by atoms with Crippen molar-refractivity contribution in [3.05, 3.63) is 22.5 Å². The van der Waals surface area contributed by atoms with Gasteiger partial charge < -0.3 is 26.4 Å². The molecular formula is C14H24N2O5. The van der Waals surface area contributed by atoms with Gasteiger partial charge in [-0.15, -0.1) is 0 Å². The summed E-state index contributed by atoms with van der Waals surface area (Å²) in [6.45, 7) is 6.69. The summed E-state index contributed by atoms with van der Waals surface area (Å²) in [6.07, 6.45) is 0. The zero-order valence-electron chi connectivity index (χ0n) is 12.8. The van der Waals surface area contributed by atoms with Crippen LogP contribution in [0.5, 0.6) is 0 Å². The van der Waals surface area contributed by atoms with Gasteiger partial charge in [-0.2, -0.15) is 0 Å². The molecule has 0 rings (SSSR count). The van der Waals surface area contributed by atoms with Crippen LogP contribution >= 0.6 is 0 Å². The lowest BCUT2D eigenvalue weighted by atomic mass is 9.99. The Morgan fingerprint density at radius 1 is 0.905 bits per heavy atom. The predicted molar refractivity (Wildman–Crippen MR) is 78.2 cm³/mol. The minimum Gasteiger partial charge on any atom is -0.478 e. The van der Waals surface area contributed by atoms with Gasteiger partial charge in [0, 0.05) is 23.2 Å². The van der Waals surface area contributed by atoms with Gasteiger partial charge >= 0.3 is 11.9 Å². The van der Waals surface area contributed by atoms with E-state index in [4.69, 9.17) is 26.4 Å². The summed E-state index contributed by atoms with van der Waals surface area (Å²) in [6, 6.07) is 0. The second-order valence-corrected chi connectivity index (χ2v) is 5.14. The Kier molecular flexibility index (Phi) is 7.51. The highest BCUT2D eigenvalue weighted by molar-refractivity contribution is 5.88. The highest BCUT2D eigenvalue weighted by Gasteiger charge is 2.21. The fourth-order valence-electron chi connectivity index (χ4n) is 2.12. The third-order valence-electron chi connectivity index (χ3n) is 3.03. The van der Waals surface area contributed by atoms with E-state index in [-0.39, 0.29) is 35.8 Å². The first kappa shape index (κ1) is 19.0.